The topological polar surface area (TPSA) is 72.9 Å². The van der Waals surface area contributed by atoms with E-state index in [1.54, 1.807) is 4.90 Å². The number of nitrogens with zero attached hydrogens (tertiary/aromatic N) is 2. The monoisotopic (exact) mass is 285 g/mol. The molecule has 0 unspecified atom stereocenters. The van der Waals surface area contributed by atoms with Gasteiger partial charge < -0.3 is 20.2 Å². The molecule has 2 amide bonds. The molecule has 6 nitrogen and oxygen atoms in total. The summed E-state index contributed by atoms with van der Waals surface area (Å²) in [4.78, 5) is 26.4. The van der Waals surface area contributed by atoms with Crippen LogP contribution in [0.4, 0.5) is 4.79 Å². The van der Waals surface area contributed by atoms with Crippen LogP contribution in [0, 0.1) is 5.92 Å². The van der Waals surface area contributed by atoms with E-state index in [1.807, 2.05) is 19.0 Å². The van der Waals surface area contributed by atoms with Gasteiger partial charge in [-0.1, -0.05) is 0 Å². The van der Waals surface area contributed by atoms with Gasteiger partial charge in [-0.3, -0.25) is 4.79 Å². The molecule has 0 spiro atoms. The summed E-state index contributed by atoms with van der Waals surface area (Å²) in [6.07, 6.45) is 3.76. The molecular formula is C14H27N3O3. The summed E-state index contributed by atoms with van der Waals surface area (Å²) >= 11 is 0. The van der Waals surface area contributed by atoms with Crippen molar-refractivity contribution in [2.75, 3.05) is 40.3 Å². The molecule has 0 radical (unpaired) electrons. The van der Waals surface area contributed by atoms with Gasteiger partial charge in [0.15, 0.2) is 0 Å². The van der Waals surface area contributed by atoms with Crippen molar-refractivity contribution < 1.29 is 14.7 Å². The maximum atomic E-state index is 12.2. The van der Waals surface area contributed by atoms with Gasteiger partial charge in [0.25, 0.3) is 0 Å². The number of carboxylic acids is 1. The maximum Gasteiger partial charge on any atom is 0.319 e. The van der Waals surface area contributed by atoms with E-state index >= 15 is 0 Å². The molecule has 20 heavy (non-hydrogen) atoms. The summed E-state index contributed by atoms with van der Waals surface area (Å²) in [5, 5.41) is 11.8. The Morgan fingerprint density at radius 1 is 1.35 bits per heavy atom. The van der Waals surface area contributed by atoms with Gasteiger partial charge in [0.05, 0.1) is 0 Å². The van der Waals surface area contributed by atoms with Crippen LogP contribution in [-0.2, 0) is 4.79 Å². The first-order chi connectivity index (χ1) is 9.54. The molecule has 1 aliphatic rings. The summed E-state index contributed by atoms with van der Waals surface area (Å²) in [6, 6.07) is 0.0952. The van der Waals surface area contributed by atoms with Crippen molar-refractivity contribution in [2.45, 2.75) is 32.1 Å². The second kappa shape index (κ2) is 8.79. The number of hydrogen-bond acceptors (Lipinski definition) is 3. The lowest BCUT2D eigenvalue weighted by Gasteiger charge is -2.34. The minimum Gasteiger partial charge on any atom is -0.481 e. The Balaban J connectivity index is 2.26. The van der Waals surface area contributed by atoms with Crippen LogP contribution in [0.15, 0.2) is 0 Å². The van der Waals surface area contributed by atoms with Crippen LogP contribution in [0.2, 0.25) is 0 Å². The molecule has 1 aliphatic heterocycles. The van der Waals surface area contributed by atoms with Crippen molar-refractivity contribution in [2.24, 2.45) is 5.92 Å². The number of carbonyl (C=O) groups is 2. The molecule has 2 N–H and O–H groups in total. The minimum absolute atomic E-state index is 0.0952. The standard InChI is InChI=1S/C14H27N3O3/c1-15-8-3-9-16(2)14(20)17-10-6-12(7-11-17)4-5-13(18)19/h12,15H,3-11H2,1-2H3,(H,18,19). The summed E-state index contributed by atoms with van der Waals surface area (Å²) < 4.78 is 0. The Kier molecular flexibility index (Phi) is 7.36. The third-order valence-corrected chi connectivity index (χ3v) is 3.90. The van der Waals surface area contributed by atoms with E-state index in [1.165, 1.54) is 0 Å². The molecule has 0 saturated carbocycles. The van der Waals surface area contributed by atoms with E-state index in [4.69, 9.17) is 5.11 Å². The van der Waals surface area contributed by atoms with Gasteiger partial charge >= 0.3 is 12.0 Å². The second-order valence-corrected chi connectivity index (χ2v) is 5.52. The summed E-state index contributed by atoms with van der Waals surface area (Å²) in [7, 11) is 3.75. The first-order valence-electron chi connectivity index (χ1n) is 7.41. The molecule has 1 fully saturated rings. The highest BCUT2D eigenvalue weighted by Gasteiger charge is 2.24. The van der Waals surface area contributed by atoms with Gasteiger partial charge in [-0.2, -0.15) is 0 Å². The van der Waals surface area contributed by atoms with Crippen LogP contribution in [-0.4, -0.2) is 67.2 Å². The van der Waals surface area contributed by atoms with Crippen LogP contribution < -0.4 is 5.32 Å². The average Bonchev–Trinajstić information content (AvgIpc) is 2.45. The predicted molar refractivity (Wildman–Crippen MR) is 77.7 cm³/mol. The molecule has 0 aromatic carbocycles. The normalized spacial score (nSPS) is 16.2. The van der Waals surface area contributed by atoms with Crippen LogP contribution in [0.3, 0.4) is 0 Å². The number of hydrogen-bond donors (Lipinski definition) is 2. The molecule has 1 rings (SSSR count). The Hall–Kier alpha value is -1.30. The molecule has 0 atom stereocenters. The van der Waals surface area contributed by atoms with Crippen LogP contribution in [0.5, 0.6) is 0 Å². The fourth-order valence-electron chi connectivity index (χ4n) is 2.57. The quantitative estimate of drug-likeness (QED) is 0.690. The highest BCUT2D eigenvalue weighted by atomic mass is 16.4. The zero-order valence-corrected chi connectivity index (χ0v) is 12.6. The lowest BCUT2D eigenvalue weighted by molar-refractivity contribution is -0.137. The maximum absolute atomic E-state index is 12.2. The molecule has 0 bridgehead atoms. The third-order valence-electron chi connectivity index (χ3n) is 3.90. The van der Waals surface area contributed by atoms with Gasteiger partial charge in [-0.05, 0) is 45.2 Å². The summed E-state index contributed by atoms with van der Waals surface area (Å²) in [5.41, 5.74) is 0. The number of amides is 2. The fourth-order valence-corrected chi connectivity index (χ4v) is 2.57. The zero-order chi connectivity index (χ0) is 15.0. The highest BCUT2D eigenvalue weighted by molar-refractivity contribution is 5.74. The second-order valence-electron chi connectivity index (χ2n) is 5.52. The van der Waals surface area contributed by atoms with Crippen molar-refractivity contribution in [1.29, 1.82) is 0 Å². The Bertz CT molecular complexity index is 315. The largest absolute Gasteiger partial charge is 0.481 e. The number of carbonyl (C=O) groups excluding carboxylic acids is 1. The van der Waals surface area contributed by atoms with E-state index in [9.17, 15) is 9.59 Å². The molecule has 0 aromatic rings. The average molecular weight is 285 g/mol. The lowest BCUT2D eigenvalue weighted by atomic mass is 9.92. The van der Waals surface area contributed by atoms with E-state index in [-0.39, 0.29) is 12.5 Å². The molecule has 116 valence electrons. The van der Waals surface area contributed by atoms with Crippen LogP contribution in [0.1, 0.15) is 32.1 Å². The van der Waals surface area contributed by atoms with Crippen molar-refractivity contribution in [3.63, 3.8) is 0 Å². The highest BCUT2D eigenvalue weighted by Crippen LogP contribution is 2.22. The Morgan fingerprint density at radius 2 is 2.00 bits per heavy atom. The van der Waals surface area contributed by atoms with E-state index in [2.05, 4.69) is 5.32 Å². The molecule has 6 heteroatoms. The number of urea groups is 1. The lowest BCUT2D eigenvalue weighted by Crippen LogP contribution is -2.45. The number of carboxylic acid groups (broad SMARTS) is 1. The first kappa shape index (κ1) is 16.8. The fraction of sp³-hybridized carbons (Fsp3) is 0.857. The number of likely N-dealkylation sites (tertiary alicyclic amines) is 1. The number of piperidine rings is 1. The SMILES string of the molecule is CNCCCN(C)C(=O)N1CCC(CCC(=O)O)CC1. The van der Waals surface area contributed by atoms with Crippen molar-refractivity contribution in [3.05, 3.63) is 0 Å². The number of nitrogens with one attached hydrogen (secondary N) is 1. The minimum atomic E-state index is -0.729. The summed E-state index contributed by atoms with van der Waals surface area (Å²) in [6.45, 7) is 3.17. The van der Waals surface area contributed by atoms with Gasteiger partial charge in [0.2, 0.25) is 0 Å². The summed E-state index contributed by atoms with van der Waals surface area (Å²) in [5.74, 6) is -0.280. The van der Waals surface area contributed by atoms with Crippen LogP contribution >= 0.6 is 0 Å². The van der Waals surface area contributed by atoms with E-state index < -0.39 is 5.97 Å². The number of aliphatic carboxylic acids is 1. The molecular weight excluding hydrogens is 258 g/mol. The molecule has 0 aliphatic carbocycles. The smallest absolute Gasteiger partial charge is 0.319 e. The van der Waals surface area contributed by atoms with Crippen molar-refractivity contribution in [1.82, 2.24) is 15.1 Å². The Morgan fingerprint density at radius 3 is 2.55 bits per heavy atom. The van der Waals surface area contributed by atoms with E-state index in [0.717, 1.165) is 51.9 Å². The Labute approximate surface area is 121 Å². The molecule has 0 aromatic heterocycles. The van der Waals surface area contributed by atoms with Gasteiger partial charge in [0, 0.05) is 33.1 Å². The van der Waals surface area contributed by atoms with Gasteiger partial charge in [0.1, 0.15) is 0 Å². The van der Waals surface area contributed by atoms with E-state index in [0.29, 0.717) is 5.92 Å². The van der Waals surface area contributed by atoms with Gasteiger partial charge in [-0.25, -0.2) is 4.79 Å². The first-order valence-corrected chi connectivity index (χ1v) is 7.41. The van der Waals surface area contributed by atoms with Crippen molar-refractivity contribution in [3.8, 4) is 0 Å². The zero-order valence-electron chi connectivity index (χ0n) is 12.6. The molecule has 1 saturated heterocycles. The van der Waals surface area contributed by atoms with Crippen molar-refractivity contribution >= 4 is 12.0 Å². The third kappa shape index (κ3) is 5.77. The van der Waals surface area contributed by atoms with Gasteiger partial charge in [-0.15, -0.1) is 0 Å². The number of rotatable bonds is 7. The molecule has 1 heterocycles. The van der Waals surface area contributed by atoms with Crippen LogP contribution in [0.25, 0.3) is 0 Å². The predicted octanol–water partition coefficient (Wildman–Crippen LogP) is 1.22.